The molecule has 0 radical (unpaired) electrons. The van der Waals surface area contributed by atoms with Gasteiger partial charge in [-0.2, -0.15) is 15.2 Å². The molecule has 0 aromatic carbocycles. The predicted octanol–water partition coefficient (Wildman–Crippen LogP) is 4.15. The molecule has 2 aromatic heterocycles. The second-order valence-electron chi connectivity index (χ2n) is 14.5. The number of likely N-dealkylation sites (N-methyl/N-ethyl adjacent to an activating group) is 1. The van der Waals surface area contributed by atoms with Crippen LogP contribution in [0, 0.1) is 11.3 Å². The van der Waals surface area contributed by atoms with Crippen LogP contribution in [0.25, 0.3) is 0 Å². The number of nitriles is 1. The largest absolute Gasteiger partial charge is 0.459 e. The molecule has 2 fully saturated rings. The number of aryl methyl sites for hydroxylation is 1. The van der Waals surface area contributed by atoms with Crippen molar-refractivity contribution in [1.82, 2.24) is 19.8 Å². The van der Waals surface area contributed by atoms with Gasteiger partial charge in [-0.05, 0) is 93.7 Å². The molecule has 14 nitrogen and oxygen atoms in total. The summed E-state index contributed by atoms with van der Waals surface area (Å²) in [4.78, 5) is 48.4. The van der Waals surface area contributed by atoms with Crippen molar-refractivity contribution in [3.8, 4) is 12.1 Å². The summed E-state index contributed by atoms with van der Waals surface area (Å²) in [5.41, 5.74) is 12.0. The number of nitrogens with zero attached hydrogens (tertiary/aromatic N) is 7. The van der Waals surface area contributed by atoms with E-state index in [0.29, 0.717) is 54.4 Å². The number of ether oxygens (including phenoxy) is 2. The monoisotopic (exact) mass is 695 g/mol. The van der Waals surface area contributed by atoms with Crippen LogP contribution in [-0.2, 0) is 26.2 Å². The highest BCUT2D eigenvalue weighted by molar-refractivity contribution is 7.16. The lowest BCUT2D eigenvalue weighted by Gasteiger charge is -2.31. The Labute approximate surface area is 292 Å². The van der Waals surface area contributed by atoms with E-state index in [2.05, 4.69) is 40.0 Å². The lowest BCUT2D eigenvalue weighted by atomic mass is 9.72. The van der Waals surface area contributed by atoms with E-state index in [4.69, 9.17) is 30.8 Å². The van der Waals surface area contributed by atoms with E-state index in [9.17, 15) is 14.9 Å². The van der Waals surface area contributed by atoms with Crippen LogP contribution in [0.15, 0.2) is 11.2 Å². The number of nitrogens with two attached hydrogens (primary N) is 2. The summed E-state index contributed by atoms with van der Waals surface area (Å²) in [6.07, 6.45) is 4.17. The summed E-state index contributed by atoms with van der Waals surface area (Å²) >= 11 is 1.34. The predicted molar refractivity (Wildman–Crippen MR) is 188 cm³/mol. The summed E-state index contributed by atoms with van der Waals surface area (Å²) in [5, 5.41) is 14.2. The van der Waals surface area contributed by atoms with Crippen LogP contribution < -0.4 is 21.1 Å². The third-order valence-electron chi connectivity index (χ3n) is 9.70. The Morgan fingerprint density at radius 3 is 2.61 bits per heavy atom. The molecule has 5 rings (SSSR count). The third-order valence-corrected chi connectivity index (χ3v) is 10.8. The lowest BCUT2D eigenvalue weighted by Crippen LogP contribution is -2.40. The van der Waals surface area contributed by atoms with Gasteiger partial charge in [-0.25, -0.2) is 9.59 Å². The summed E-state index contributed by atoms with van der Waals surface area (Å²) in [6, 6.07) is 4.19. The van der Waals surface area contributed by atoms with Crippen molar-refractivity contribution in [2.45, 2.75) is 109 Å². The fourth-order valence-electron chi connectivity index (χ4n) is 6.96. The molecule has 4 N–H and O–H groups in total. The Balaban J connectivity index is 1.42. The smallest absolute Gasteiger partial charge is 0.410 e. The van der Waals surface area contributed by atoms with E-state index >= 15 is 0 Å². The number of oxime groups is 1. The zero-order valence-corrected chi connectivity index (χ0v) is 30.4. The van der Waals surface area contributed by atoms with E-state index in [1.807, 2.05) is 27.7 Å². The molecule has 0 saturated carbocycles. The van der Waals surface area contributed by atoms with E-state index in [1.54, 1.807) is 17.9 Å². The van der Waals surface area contributed by atoms with Gasteiger partial charge >= 0.3 is 18.1 Å². The second-order valence-corrected chi connectivity index (χ2v) is 15.6. The van der Waals surface area contributed by atoms with Crippen molar-refractivity contribution in [3.63, 3.8) is 0 Å². The van der Waals surface area contributed by atoms with Gasteiger partial charge in [0.2, 0.25) is 0 Å². The molecular weight excluding hydrogens is 646 g/mol. The van der Waals surface area contributed by atoms with Crippen LogP contribution in [0.4, 0.5) is 15.6 Å². The number of thiophene rings is 1. The molecule has 266 valence electrons. The zero-order valence-electron chi connectivity index (χ0n) is 29.6. The van der Waals surface area contributed by atoms with E-state index < -0.39 is 17.0 Å². The summed E-state index contributed by atoms with van der Waals surface area (Å²) in [6.45, 7) is 13.8. The standard InChI is InChI=1S/C34H49N9O5S/c1-20-12-15-42(32(45)47-33(3,4)5)16-17-43(20)26-18-23(38-31(39-26)46-21(2)24-10-9-14-41(24)7)28(36)40-48-30(44)34(6)13-8-11-25-27(34)22(19-35)29(37)49-25/h18,20-21,24H,8-17,37H2,1-7H3,(H2,36,40)/t20-,21-,24-,34-/m0/s1. The lowest BCUT2D eigenvalue weighted by molar-refractivity contribution is -0.150. The van der Waals surface area contributed by atoms with E-state index in [-0.39, 0.29) is 41.8 Å². The number of hydrogen-bond donors (Lipinski definition) is 2. The normalized spacial score (nSPS) is 24.1. The number of nitrogen functional groups attached to an aromatic ring is 1. The molecular formula is C34H49N9O5S. The topological polar surface area (TPSA) is 186 Å². The number of anilines is 2. The van der Waals surface area contributed by atoms with Crippen molar-refractivity contribution in [2.75, 3.05) is 43.9 Å². The molecule has 0 unspecified atom stereocenters. The van der Waals surface area contributed by atoms with E-state index in [0.717, 1.165) is 37.1 Å². The van der Waals surface area contributed by atoms with Crippen molar-refractivity contribution < 1.29 is 23.9 Å². The third kappa shape index (κ3) is 7.86. The quantitative estimate of drug-likeness (QED) is 0.183. The van der Waals surface area contributed by atoms with Crippen LogP contribution in [0.2, 0.25) is 0 Å². The average molecular weight is 696 g/mol. The zero-order chi connectivity index (χ0) is 35.7. The SMILES string of the molecule is C[C@H](Oc1nc(/C(N)=N/OC(=O)[C@@]2(C)CCCc3sc(N)c(C#N)c32)cc(N2CCN(C(=O)OC(C)(C)C)CC[C@@H]2C)n1)[C@@H]1CCCN1C. The fourth-order valence-corrected chi connectivity index (χ4v) is 8.16. The van der Waals surface area contributed by atoms with Gasteiger partial charge in [-0.1, -0.05) is 5.16 Å². The van der Waals surface area contributed by atoms with Crippen molar-refractivity contribution in [1.29, 1.82) is 5.26 Å². The molecule has 4 heterocycles. The number of rotatable bonds is 7. The second kappa shape index (κ2) is 14.4. The average Bonchev–Trinajstić information content (AvgIpc) is 3.55. The van der Waals surface area contributed by atoms with E-state index in [1.165, 1.54) is 11.3 Å². The van der Waals surface area contributed by atoms with Gasteiger partial charge in [0.15, 0.2) is 5.84 Å². The van der Waals surface area contributed by atoms with Gasteiger partial charge in [0.25, 0.3) is 0 Å². The number of aromatic nitrogens is 2. The highest BCUT2D eigenvalue weighted by atomic mass is 32.1. The summed E-state index contributed by atoms with van der Waals surface area (Å²) < 4.78 is 12.0. The fraction of sp³-hybridized carbons (Fsp3) is 0.647. The molecule has 0 spiro atoms. The van der Waals surface area contributed by atoms with Crippen molar-refractivity contribution in [3.05, 3.63) is 27.8 Å². The molecule has 49 heavy (non-hydrogen) atoms. The molecule has 4 atom stereocenters. The molecule has 1 amide bonds. The van der Waals surface area contributed by atoms with Gasteiger partial charge in [0.05, 0.1) is 11.0 Å². The van der Waals surface area contributed by atoms with Crippen molar-refractivity contribution in [2.24, 2.45) is 10.9 Å². The van der Waals surface area contributed by atoms with Gasteiger partial charge in [0.1, 0.15) is 34.3 Å². The molecule has 3 aliphatic rings. The molecule has 2 aromatic rings. The minimum atomic E-state index is -1.11. The molecule has 2 saturated heterocycles. The number of fused-ring (bicyclic) bond motifs is 1. The number of carbonyl (C=O) groups excluding carboxylic acids is 2. The number of amides is 1. The number of carbonyl (C=O) groups is 2. The maximum Gasteiger partial charge on any atom is 0.410 e. The Bertz CT molecular complexity index is 1630. The molecule has 0 bridgehead atoms. The first-order valence-corrected chi connectivity index (χ1v) is 17.8. The maximum atomic E-state index is 13.6. The minimum absolute atomic E-state index is 0.00485. The highest BCUT2D eigenvalue weighted by Crippen LogP contribution is 2.46. The Hall–Kier alpha value is -4.16. The first kappa shape index (κ1) is 36.1. The van der Waals surface area contributed by atoms with Crippen molar-refractivity contribution >= 4 is 40.1 Å². The van der Waals surface area contributed by atoms with Crippen LogP contribution in [0.5, 0.6) is 6.01 Å². The highest BCUT2D eigenvalue weighted by Gasteiger charge is 2.45. The van der Waals surface area contributed by atoms with Gasteiger partial charge in [-0.15, -0.1) is 11.3 Å². The Kier molecular flexibility index (Phi) is 10.6. The van der Waals surface area contributed by atoms with Gasteiger partial charge in [-0.3, -0.25) is 4.90 Å². The first-order valence-electron chi connectivity index (χ1n) is 17.0. The van der Waals surface area contributed by atoms with Gasteiger partial charge < -0.3 is 35.6 Å². The first-order chi connectivity index (χ1) is 23.1. The van der Waals surface area contributed by atoms with Crippen LogP contribution in [0.1, 0.15) is 95.3 Å². The number of likely N-dealkylation sites (tertiary alicyclic amines) is 1. The van der Waals surface area contributed by atoms with Crippen LogP contribution >= 0.6 is 11.3 Å². The van der Waals surface area contributed by atoms with Crippen LogP contribution in [-0.4, -0.2) is 94.7 Å². The minimum Gasteiger partial charge on any atom is -0.459 e. The molecule has 2 aliphatic heterocycles. The molecule has 15 heteroatoms. The summed E-state index contributed by atoms with van der Waals surface area (Å²) in [7, 11) is 2.08. The summed E-state index contributed by atoms with van der Waals surface area (Å²) in [5.74, 6) is -0.209. The van der Waals surface area contributed by atoms with Gasteiger partial charge in [0, 0.05) is 48.2 Å². The number of amidine groups is 1. The number of hydrogen-bond acceptors (Lipinski definition) is 13. The Morgan fingerprint density at radius 2 is 1.94 bits per heavy atom. The molecule has 1 aliphatic carbocycles. The Morgan fingerprint density at radius 1 is 1.18 bits per heavy atom. The van der Waals surface area contributed by atoms with Crippen LogP contribution in [0.3, 0.4) is 0 Å². The maximum absolute atomic E-state index is 13.6.